The summed E-state index contributed by atoms with van der Waals surface area (Å²) in [6.45, 7) is -1.68. The Kier molecular flexibility index (Phi) is 4.50. The van der Waals surface area contributed by atoms with E-state index in [9.17, 15) is 35.2 Å². The number of esters is 2. The van der Waals surface area contributed by atoms with Crippen LogP contribution in [0.1, 0.15) is 6.42 Å². The maximum absolute atomic E-state index is 12.9. The molecule has 3 saturated heterocycles. The van der Waals surface area contributed by atoms with Crippen molar-refractivity contribution in [1.29, 1.82) is 0 Å². The van der Waals surface area contributed by atoms with Gasteiger partial charge in [0.2, 0.25) is 0 Å². The molecule has 3 aliphatic heterocycles. The van der Waals surface area contributed by atoms with Crippen molar-refractivity contribution in [2.45, 2.75) is 35.2 Å². The van der Waals surface area contributed by atoms with Gasteiger partial charge in [-0.05, 0) is 0 Å². The van der Waals surface area contributed by atoms with E-state index in [1.807, 2.05) is 0 Å². The van der Waals surface area contributed by atoms with Gasteiger partial charge in [-0.1, -0.05) is 0 Å². The van der Waals surface area contributed by atoms with Crippen molar-refractivity contribution in [3.05, 3.63) is 0 Å². The lowest BCUT2D eigenvalue weighted by atomic mass is 9.87. The van der Waals surface area contributed by atoms with E-state index in [2.05, 4.69) is 4.74 Å². The molecule has 148 valence electrons. The fourth-order valence-corrected chi connectivity index (χ4v) is 5.31. The summed E-state index contributed by atoms with van der Waals surface area (Å²) in [7, 11) is -10.0. The molecule has 3 fully saturated rings. The van der Waals surface area contributed by atoms with Gasteiger partial charge in [0, 0.05) is 6.42 Å². The highest BCUT2D eigenvalue weighted by Gasteiger charge is 2.68. The molecular weight excluding hydrogens is 410 g/mol. The predicted octanol–water partition coefficient (Wildman–Crippen LogP) is -1.56. The number of hydrogen-bond acceptors (Lipinski definition) is 10. The zero-order valence-corrected chi connectivity index (χ0v) is 14.2. The number of hydrogen-bond donors (Lipinski definition) is 1. The number of fused-ring (bicyclic) bond motifs is 1. The van der Waals surface area contributed by atoms with Crippen LogP contribution >= 0.6 is 0 Å². The molecule has 0 amide bonds. The summed E-state index contributed by atoms with van der Waals surface area (Å²) in [6, 6.07) is 0. The van der Waals surface area contributed by atoms with Crippen LogP contribution in [-0.2, 0) is 48.2 Å². The smallest absolute Gasteiger partial charge is 0.462 e. The highest BCUT2D eigenvalue weighted by Crippen LogP contribution is 2.50. The Labute approximate surface area is 145 Å². The van der Waals surface area contributed by atoms with E-state index in [-0.39, 0.29) is 6.42 Å². The molecule has 0 saturated carbocycles. The molecule has 2 bridgehead atoms. The molecule has 0 aromatic carbocycles. The minimum Gasteiger partial charge on any atom is -0.462 e. The largest absolute Gasteiger partial charge is 0.465 e. The molecule has 15 heteroatoms. The molecule has 3 rings (SSSR count). The molecule has 26 heavy (non-hydrogen) atoms. The lowest BCUT2D eigenvalue weighted by Crippen LogP contribution is -2.42. The maximum atomic E-state index is 12.9. The number of alkyl halides is 2. The summed E-state index contributed by atoms with van der Waals surface area (Å²) in [5.41, 5.74) is 0. The highest BCUT2D eigenvalue weighted by molar-refractivity contribution is 7.88. The van der Waals surface area contributed by atoms with Gasteiger partial charge in [0.05, 0.1) is 6.10 Å². The monoisotopic (exact) mass is 422 g/mol. The molecular formula is C11H12F2O11S2. The van der Waals surface area contributed by atoms with Gasteiger partial charge in [-0.25, -0.2) is 4.79 Å². The fourth-order valence-electron chi connectivity index (χ4n) is 3.17. The second-order valence-electron chi connectivity index (χ2n) is 5.79. The highest BCUT2D eigenvalue weighted by atomic mass is 32.2. The van der Waals surface area contributed by atoms with Crippen molar-refractivity contribution in [2.75, 3.05) is 13.2 Å². The first-order valence-corrected chi connectivity index (χ1v) is 10.0. The molecule has 0 spiro atoms. The van der Waals surface area contributed by atoms with Crippen molar-refractivity contribution >= 4 is 32.2 Å². The standard InChI is InChI=1S/C11H12F2O11S2/c12-11(13,26(18,19)20)10(15)22-2-1-21-9(14)6-4-3-5-7(23-4)8(6)25(16,17)24-5/h4-8H,1-3H2,(H,18,19,20). The fraction of sp³-hybridized carbons (Fsp3) is 0.818. The van der Waals surface area contributed by atoms with Crippen molar-refractivity contribution in [3.63, 3.8) is 0 Å². The van der Waals surface area contributed by atoms with Gasteiger partial charge in [0.1, 0.15) is 36.6 Å². The maximum Gasteiger partial charge on any atom is 0.465 e. The van der Waals surface area contributed by atoms with Crippen LogP contribution in [0.4, 0.5) is 8.78 Å². The minimum absolute atomic E-state index is 0.176. The summed E-state index contributed by atoms with van der Waals surface area (Å²) in [4.78, 5) is 23.0. The first kappa shape index (κ1) is 19.3. The summed E-state index contributed by atoms with van der Waals surface area (Å²) < 4.78 is 97.4. The predicted molar refractivity (Wildman–Crippen MR) is 72.8 cm³/mol. The molecule has 5 atom stereocenters. The molecule has 5 unspecified atom stereocenters. The molecule has 0 radical (unpaired) electrons. The third-order valence-electron chi connectivity index (χ3n) is 4.23. The number of rotatable bonds is 6. The van der Waals surface area contributed by atoms with Gasteiger partial charge in [0.15, 0.2) is 0 Å². The third kappa shape index (κ3) is 2.96. The minimum atomic E-state index is -6.01. The van der Waals surface area contributed by atoms with E-state index in [1.165, 1.54) is 0 Å². The van der Waals surface area contributed by atoms with E-state index in [4.69, 9.17) is 18.2 Å². The molecule has 1 N–H and O–H groups in total. The Bertz CT molecular complexity index is 834. The van der Waals surface area contributed by atoms with Crippen molar-refractivity contribution < 1.29 is 58.2 Å². The van der Waals surface area contributed by atoms with E-state index in [0.29, 0.717) is 0 Å². The van der Waals surface area contributed by atoms with Crippen molar-refractivity contribution in [1.82, 2.24) is 0 Å². The number of halogens is 2. The lowest BCUT2D eigenvalue weighted by molar-refractivity contribution is -0.166. The number of carbonyl (C=O) groups excluding carboxylic acids is 2. The second-order valence-corrected chi connectivity index (χ2v) is 8.97. The quantitative estimate of drug-likeness (QED) is 0.228. The van der Waals surface area contributed by atoms with E-state index >= 15 is 0 Å². The van der Waals surface area contributed by atoms with E-state index in [1.54, 1.807) is 0 Å². The summed E-state index contributed by atoms with van der Waals surface area (Å²) in [5.74, 6) is -4.72. The Hall–Kier alpha value is -1.42. The van der Waals surface area contributed by atoms with Crippen LogP contribution in [0, 0.1) is 5.92 Å². The first-order valence-electron chi connectivity index (χ1n) is 7.12. The normalized spacial score (nSPS) is 34.7. The Morgan fingerprint density at radius 3 is 2.42 bits per heavy atom. The number of carbonyl (C=O) groups is 2. The molecule has 11 nitrogen and oxygen atoms in total. The third-order valence-corrected chi connectivity index (χ3v) is 6.79. The van der Waals surface area contributed by atoms with Gasteiger partial charge in [-0.3, -0.25) is 13.5 Å². The Morgan fingerprint density at radius 1 is 1.19 bits per heavy atom. The van der Waals surface area contributed by atoms with E-state index in [0.717, 1.165) is 0 Å². The van der Waals surface area contributed by atoms with Crippen LogP contribution in [0.3, 0.4) is 0 Å². The zero-order chi connectivity index (χ0) is 19.5. The van der Waals surface area contributed by atoms with Crippen LogP contribution in [0.2, 0.25) is 0 Å². The topological polar surface area (TPSA) is 160 Å². The zero-order valence-electron chi connectivity index (χ0n) is 12.6. The van der Waals surface area contributed by atoms with Gasteiger partial charge in [-0.15, -0.1) is 0 Å². The van der Waals surface area contributed by atoms with Crippen LogP contribution in [0.25, 0.3) is 0 Å². The molecule has 0 aromatic heterocycles. The lowest BCUT2D eigenvalue weighted by Gasteiger charge is -2.20. The van der Waals surface area contributed by atoms with Gasteiger partial charge >= 0.3 is 27.3 Å². The second kappa shape index (κ2) is 6.05. The molecule has 3 heterocycles. The van der Waals surface area contributed by atoms with Crippen LogP contribution in [0.15, 0.2) is 0 Å². The Balaban J connectivity index is 1.52. The molecule has 0 aromatic rings. The average Bonchev–Trinajstić information content (AvgIpc) is 3.10. The van der Waals surface area contributed by atoms with Crippen LogP contribution in [0.5, 0.6) is 0 Å². The number of ether oxygens (including phenoxy) is 3. The van der Waals surface area contributed by atoms with Gasteiger partial charge < -0.3 is 14.2 Å². The first-order chi connectivity index (χ1) is 11.9. The summed E-state index contributed by atoms with van der Waals surface area (Å²) >= 11 is 0. The van der Waals surface area contributed by atoms with E-state index < -0.39 is 80.1 Å². The Morgan fingerprint density at radius 2 is 1.81 bits per heavy atom. The van der Waals surface area contributed by atoms with Crippen LogP contribution < -0.4 is 0 Å². The summed E-state index contributed by atoms with van der Waals surface area (Å²) in [5, 5.41) is -6.40. The molecule has 0 aliphatic carbocycles. The van der Waals surface area contributed by atoms with Crippen molar-refractivity contribution in [2.24, 2.45) is 5.92 Å². The molecule has 3 aliphatic rings. The average molecular weight is 422 g/mol. The SMILES string of the molecule is O=C(OCCOC(=O)C(F)(F)S(=O)(=O)O)C1C2CC3OS(=O)(=O)C1C3O2. The van der Waals surface area contributed by atoms with Crippen LogP contribution in [-0.4, -0.2) is 75.4 Å². The summed E-state index contributed by atoms with van der Waals surface area (Å²) in [6.07, 6.45) is -1.99. The van der Waals surface area contributed by atoms with Gasteiger partial charge in [-0.2, -0.15) is 25.6 Å². The van der Waals surface area contributed by atoms with Gasteiger partial charge in [0.25, 0.3) is 10.1 Å². The van der Waals surface area contributed by atoms with Crippen molar-refractivity contribution in [3.8, 4) is 0 Å².